The van der Waals surface area contributed by atoms with Crippen LogP contribution in [0.1, 0.15) is 65.7 Å². The van der Waals surface area contributed by atoms with Crippen LogP contribution in [0.5, 0.6) is 0 Å². The molecule has 0 aliphatic carbocycles. The lowest BCUT2D eigenvalue weighted by Gasteiger charge is -2.27. The van der Waals surface area contributed by atoms with Crippen LogP contribution in [-0.2, 0) is 4.74 Å². The van der Waals surface area contributed by atoms with Crippen molar-refractivity contribution in [3.8, 4) is 0 Å². The normalized spacial score (nSPS) is 25.2. The van der Waals surface area contributed by atoms with E-state index in [1.54, 1.807) is 0 Å². The summed E-state index contributed by atoms with van der Waals surface area (Å²) < 4.78 is 6.09. The predicted octanol–water partition coefficient (Wildman–Crippen LogP) is 4.72. The van der Waals surface area contributed by atoms with Gasteiger partial charge in [-0.25, -0.2) is 0 Å². The van der Waals surface area contributed by atoms with E-state index in [2.05, 4.69) is 32.9 Å². The molecule has 0 bridgehead atoms. The van der Waals surface area contributed by atoms with Gasteiger partial charge in [-0.15, -0.1) is 0 Å². The average Bonchev–Trinajstić information content (AvgIpc) is 2.24. The predicted molar refractivity (Wildman–Crippen MR) is 70.6 cm³/mol. The Hall–Kier alpha value is -0.300. The van der Waals surface area contributed by atoms with Crippen molar-refractivity contribution in [1.29, 1.82) is 0 Å². The SMILES string of the molecule is CCCCCC[C@@H]1CC=C[C@@H](CC(C)C)O1. The smallest absolute Gasteiger partial charge is 0.0762 e. The fourth-order valence-corrected chi connectivity index (χ4v) is 2.31. The van der Waals surface area contributed by atoms with E-state index in [9.17, 15) is 0 Å². The molecule has 1 nitrogen and oxygen atoms in total. The van der Waals surface area contributed by atoms with Crippen LogP contribution in [0.15, 0.2) is 12.2 Å². The Morgan fingerprint density at radius 3 is 2.75 bits per heavy atom. The summed E-state index contributed by atoms with van der Waals surface area (Å²) in [6.07, 6.45) is 14.4. The van der Waals surface area contributed by atoms with E-state index < -0.39 is 0 Å². The molecule has 0 N–H and O–H groups in total. The fraction of sp³-hybridized carbons (Fsp3) is 0.867. The van der Waals surface area contributed by atoms with Crippen LogP contribution in [0.3, 0.4) is 0 Å². The molecule has 0 radical (unpaired) electrons. The van der Waals surface area contributed by atoms with E-state index in [0.29, 0.717) is 12.2 Å². The van der Waals surface area contributed by atoms with E-state index in [-0.39, 0.29) is 0 Å². The Labute approximate surface area is 101 Å². The van der Waals surface area contributed by atoms with Gasteiger partial charge in [0.2, 0.25) is 0 Å². The molecule has 0 spiro atoms. The zero-order valence-electron chi connectivity index (χ0n) is 11.2. The summed E-state index contributed by atoms with van der Waals surface area (Å²) in [5, 5.41) is 0. The highest BCUT2D eigenvalue weighted by Gasteiger charge is 2.18. The molecule has 0 aromatic carbocycles. The van der Waals surface area contributed by atoms with Crippen molar-refractivity contribution in [3.05, 3.63) is 12.2 Å². The van der Waals surface area contributed by atoms with Gasteiger partial charge in [0.25, 0.3) is 0 Å². The van der Waals surface area contributed by atoms with Crippen LogP contribution in [-0.4, -0.2) is 12.2 Å². The third kappa shape index (κ3) is 5.69. The lowest BCUT2D eigenvalue weighted by Crippen LogP contribution is -2.25. The molecule has 0 amide bonds. The topological polar surface area (TPSA) is 9.23 Å². The van der Waals surface area contributed by atoms with Gasteiger partial charge in [0.1, 0.15) is 0 Å². The maximum Gasteiger partial charge on any atom is 0.0762 e. The van der Waals surface area contributed by atoms with Gasteiger partial charge in [-0.05, 0) is 25.2 Å². The molecule has 0 aromatic rings. The highest BCUT2D eigenvalue weighted by atomic mass is 16.5. The van der Waals surface area contributed by atoms with E-state index in [1.807, 2.05) is 0 Å². The average molecular weight is 224 g/mol. The first kappa shape index (κ1) is 13.8. The highest BCUT2D eigenvalue weighted by molar-refractivity contribution is 4.96. The zero-order chi connectivity index (χ0) is 11.8. The van der Waals surface area contributed by atoms with E-state index in [4.69, 9.17) is 4.74 Å². The first-order valence-corrected chi connectivity index (χ1v) is 7.04. The first-order valence-electron chi connectivity index (χ1n) is 7.04. The Bertz CT molecular complexity index is 196. The molecule has 1 aliphatic rings. The lowest BCUT2D eigenvalue weighted by atomic mass is 10.00. The lowest BCUT2D eigenvalue weighted by molar-refractivity contribution is -0.00848. The van der Waals surface area contributed by atoms with Crippen LogP contribution >= 0.6 is 0 Å². The van der Waals surface area contributed by atoms with Gasteiger partial charge in [0.05, 0.1) is 12.2 Å². The Kier molecular flexibility index (Phi) is 6.79. The minimum atomic E-state index is 0.380. The summed E-state index contributed by atoms with van der Waals surface area (Å²) in [4.78, 5) is 0. The van der Waals surface area contributed by atoms with Crippen molar-refractivity contribution >= 4 is 0 Å². The first-order chi connectivity index (χ1) is 7.72. The molecular formula is C15H28O. The summed E-state index contributed by atoms with van der Waals surface area (Å²) in [6, 6.07) is 0. The van der Waals surface area contributed by atoms with Crippen molar-refractivity contribution in [3.63, 3.8) is 0 Å². The molecule has 0 saturated heterocycles. The monoisotopic (exact) mass is 224 g/mol. The number of hydrogen-bond acceptors (Lipinski definition) is 1. The molecule has 1 heterocycles. The summed E-state index contributed by atoms with van der Waals surface area (Å²) in [6.45, 7) is 6.79. The molecule has 94 valence electrons. The number of hydrogen-bond donors (Lipinski definition) is 0. The second-order valence-corrected chi connectivity index (χ2v) is 5.44. The standard InChI is InChI=1S/C15H28O/c1-4-5-6-7-9-14-10-8-11-15(16-14)12-13(2)3/h8,11,13-15H,4-7,9-10,12H2,1-3H3/t14-,15+/m1/s1. The highest BCUT2D eigenvalue weighted by Crippen LogP contribution is 2.21. The van der Waals surface area contributed by atoms with Gasteiger partial charge in [0.15, 0.2) is 0 Å². The Morgan fingerprint density at radius 1 is 1.25 bits per heavy atom. The van der Waals surface area contributed by atoms with Crippen molar-refractivity contribution in [2.24, 2.45) is 5.92 Å². The minimum absolute atomic E-state index is 0.380. The molecule has 0 fully saturated rings. The van der Waals surface area contributed by atoms with Gasteiger partial charge >= 0.3 is 0 Å². The number of unbranched alkanes of at least 4 members (excludes halogenated alkanes) is 3. The van der Waals surface area contributed by atoms with Crippen molar-refractivity contribution in [1.82, 2.24) is 0 Å². The summed E-state index contributed by atoms with van der Waals surface area (Å²) in [5.74, 6) is 0.730. The molecule has 0 unspecified atom stereocenters. The Balaban J connectivity index is 2.17. The van der Waals surface area contributed by atoms with Gasteiger partial charge in [-0.1, -0.05) is 58.6 Å². The molecule has 1 aliphatic heterocycles. The van der Waals surface area contributed by atoms with Crippen LogP contribution in [0.4, 0.5) is 0 Å². The molecule has 0 saturated carbocycles. The van der Waals surface area contributed by atoms with E-state index in [0.717, 1.165) is 12.3 Å². The number of ether oxygens (including phenoxy) is 1. The van der Waals surface area contributed by atoms with Gasteiger partial charge in [-0.2, -0.15) is 0 Å². The quantitative estimate of drug-likeness (QED) is 0.449. The van der Waals surface area contributed by atoms with Gasteiger partial charge in [0, 0.05) is 0 Å². The maximum atomic E-state index is 6.09. The summed E-state index contributed by atoms with van der Waals surface area (Å²) in [5.41, 5.74) is 0. The van der Waals surface area contributed by atoms with Crippen molar-refractivity contribution < 1.29 is 4.74 Å². The maximum absolute atomic E-state index is 6.09. The second kappa shape index (κ2) is 7.89. The molecule has 0 aromatic heterocycles. The minimum Gasteiger partial charge on any atom is -0.371 e. The molecule has 1 rings (SSSR count). The zero-order valence-corrected chi connectivity index (χ0v) is 11.2. The third-order valence-electron chi connectivity index (χ3n) is 3.20. The Morgan fingerprint density at radius 2 is 2.06 bits per heavy atom. The number of rotatable bonds is 7. The van der Waals surface area contributed by atoms with Crippen LogP contribution in [0, 0.1) is 5.92 Å². The van der Waals surface area contributed by atoms with Gasteiger partial charge < -0.3 is 4.74 Å². The van der Waals surface area contributed by atoms with E-state index >= 15 is 0 Å². The fourth-order valence-electron chi connectivity index (χ4n) is 2.31. The summed E-state index contributed by atoms with van der Waals surface area (Å²) >= 11 is 0. The molecule has 2 atom stereocenters. The largest absolute Gasteiger partial charge is 0.371 e. The van der Waals surface area contributed by atoms with E-state index in [1.165, 1.54) is 38.5 Å². The molecular weight excluding hydrogens is 196 g/mol. The third-order valence-corrected chi connectivity index (χ3v) is 3.20. The van der Waals surface area contributed by atoms with Crippen molar-refractivity contribution in [2.45, 2.75) is 77.9 Å². The molecule has 16 heavy (non-hydrogen) atoms. The molecule has 1 heteroatoms. The summed E-state index contributed by atoms with van der Waals surface area (Å²) in [7, 11) is 0. The van der Waals surface area contributed by atoms with Crippen LogP contribution in [0.25, 0.3) is 0 Å². The second-order valence-electron chi connectivity index (χ2n) is 5.44. The van der Waals surface area contributed by atoms with Crippen LogP contribution < -0.4 is 0 Å². The van der Waals surface area contributed by atoms with Crippen LogP contribution in [0.2, 0.25) is 0 Å². The van der Waals surface area contributed by atoms with Gasteiger partial charge in [-0.3, -0.25) is 0 Å². The van der Waals surface area contributed by atoms with Crippen molar-refractivity contribution in [2.75, 3.05) is 0 Å².